The molecule has 0 aliphatic heterocycles. The van der Waals surface area contributed by atoms with Gasteiger partial charge < -0.3 is 0 Å². The van der Waals surface area contributed by atoms with Crippen molar-refractivity contribution in [3.05, 3.63) is 46.2 Å². The van der Waals surface area contributed by atoms with Crippen LogP contribution >= 0.6 is 11.6 Å². The van der Waals surface area contributed by atoms with Crippen molar-refractivity contribution < 1.29 is 8.78 Å². The van der Waals surface area contributed by atoms with Crippen LogP contribution in [0.1, 0.15) is 18.2 Å². The predicted molar refractivity (Wildman–Crippen MR) is 62.6 cm³/mol. The van der Waals surface area contributed by atoms with Gasteiger partial charge in [0.1, 0.15) is 23.1 Å². The van der Waals surface area contributed by atoms with Crippen molar-refractivity contribution in [1.82, 2.24) is 9.78 Å². The fourth-order valence-corrected chi connectivity index (χ4v) is 1.89. The van der Waals surface area contributed by atoms with Gasteiger partial charge in [0.05, 0.1) is 5.69 Å². The van der Waals surface area contributed by atoms with Crippen LogP contribution in [0.4, 0.5) is 8.78 Å². The molecule has 1 aromatic heterocycles. The Balaban J connectivity index is 2.65. The van der Waals surface area contributed by atoms with Crippen LogP contribution in [-0.2, 0) is 6.42 Å². The van der Waals surface area contributed by atoms with Gasteiger partial charge in [0.25, 0.3) is 0 Å². The topological polar surface area (TPSA) is 41.6 Å². The summed E-state index contributed by atoms with van der Waals surface area (Å²) in [4.78, 5) is 0. The van der Waals surface area contributed by atoms with Gasteiger partial charge in [0.15, 0.2) is 11.0 Å². The minimum atomic E-state index is -0.786. The number of hydrogen-bond acceptors (Lipinski definition) is 2. The van der Waals surface area contributed by atoms with E-state index in [0.29, 0.717) is 12.1 Å². The van der Waals surface area contributed by atoms with Crippen LogP contribution in [0, 0.1) is 23.0 Å². The van der Waals surface area contributed by atoms with Crippen LogP contribution in [0.25, 0.3) is 5.69 Å². The number of halogens is 3. The van der Waals surface area contributed by atoms with E-state index in [1.807, 2.05) is 13.0 Å². The van der Waals surface area contributed by atoms with E-state index in [4.69, 9.17) is 16.9 Å². The van der Waals surface area contributed by atoms with Crippen molar-refractivity contribution in [3.8, 4) is 11.8 Å². The van der Waals surface area contributed by atoms with Crippen LogP contribution in [-0.4, -0.2) is 9.78 Å². The normalized spacial score (nSPS) is 10.4. The third-order valence-electron chi connectivity index (χ3n) is 2.49. The molecule has 0 atom stereocenters. The molecule has 0 unspecified atom stereocenters. The summed E-state index contributed by atoms with van der Waals surface area (Å²) < 4.78 is 27.6. The number of nitriles is 1. The van der Waals surface area contributed by atoms with E-state index in [-0.39, 0.29) is 16.4 Å². The highest BCUT2D eigenvalue weighted by molar-refractivity contribution is 6.31. The average Bonchev–Trinajstić information content (AvgIpc) is 2.66. The zero-order valence-electron chi connectivity index (χ0n) is 9.41. The molecule has 0 radical (unpaired) electrons. The fourth-order valence-electron chi connectivity index (χ4n) is 1.61. The highest BCUT2D eigenvalue weighted by atomic mass is 35.5. The maximum atomic E-state index is 13.6. The largest absolute Gasteiger partial charge is 0.218 e. The van der Waals surface area contributed by atoms with Gasteiger partial charge in [-0.1, -0.05) is 18.5 Å². The summed E-state index contributed by atoms with van der Waals surface area (Å²) in [5.41, 5.74) is 0.701. The maximum Gasteiger partial charge on any atom is 0.151 e. The van der Waals surface area contributed by atoms with Gasteiger partial charge in [-0.05, 0) is 18.6 Å². The van der Waals surface area contributed by atoms with Gasteiger partial charge in [-0.25, -0.2) is 13.5 Å². The molecule has 1 heterocycles. The molecule has 2 rings (SSSR count). The lowest BCUT2D eigenvalue weighted by molar-refractivity contribution is 0.573. The van der Waals surface area contributed by atoms with E-state index in [9.17, 15) is 8.78 Å². The van der Waals surface area contributed by atoms with Crippen LogP contribution < -0.4 is 0 Å². The molecule has 0 saturated carbocycles. The Kier molecular flexibility index (Phi) is 3.30. The Morgan fingerprint density at radius 3 is 2.67 bits per heavy atom. The third-order valence-corrected chi connectivity index (χ3v) is 2.84. The number of aromatic nitrogens is 2. The number of nitrogens with zero attached hydrogens (tertiary/aromatic N) is 3. The molecule has 0 spiro atoms. The molecule has 0 bridgehead atoms. The van der Waals surface area contributed by atoms with Crippen LogP contribution in [0.3, 0.4) is 0 Å². The van der Waals surface area contributed by atoms with E-state index in [1.165, 1.54) is 6.07 Å². The first kappa shape index (κ1) is 12.5. The number of hydrogen-bond donors (Lipinski definition) is 0. The first-order valence-corrected chi connectivity index (χ1v) is 5.59. The summed E-state index contributed by atoms with van der Waals surface area (Å²) >= 11 is 5.97. The Labute approximate surface area is 107 Å². The molecule has 6 heteroatoms. The van der Waals surface area contributed by atoms with E-state index in [0.717, 1.165) is 16.8 Å². The lowest BCUT2D eigenvalue weighted by Gasteiger charge is -2.04. The number of rotatable bonds is 2. The molecule has 1 aromatic carbocycles. The van der Waals surface area contributed by atoms with E-state index >= 15 is 0 Å². The van der Waals surface area contributed by atoms with E-state index in [2.05, 4.69) is 5.10 Å². The lowest BCUT2D eigenvalue weighted by atomic mass is 10.2. The molecule has 2 aromatic rings. The van der Waals surface area contributed by atoms with Crippen molar-refractivity contribution in [1.29, 1.82) is 5.26 Å². The summed E-state index contributed by atoms with van der Waals surface area (Å²) in [5, 5.41) is 13.0. The molecule has 3 nitrogen and oxygen atoms in total. The van der Waals surface area contributed by atoms with Gasteiger partial charge in [-0.3, -0.25) is 0 Å². The van der Waals surface area contributed by atoms with E-state index < -0.39 is 11.6 Å². The molecule has 18 heavy (non-hydrogen) atoms. The average molecular weight is 268 g/mol. The minimum Gasteiger partial charge on any atom is -0.218 e. The summed E-state index contributed by atoms with van der Waals surface area (Å²) in [6.07, 6.45) is 0.498. The second-order valence-electron chi connectivity index (χ2n) is 3.59. The molecular weight excluding hydrogens is 260 g/mol. The smallest absolute Gasteiger partial charge is 0.151 e. The van der Waals surface area contributed by atoms with Gasteiger partial charge in [0, 0.05) is 6.07 Å². The zero-order valence-corrected chi connectivity index (χ0v) is 10.2. The Morgan fingerprint density at radius 2 is 2.17 bits per heavy atom. The number of benzene rings is 1. The molecule has 0 aliphatic rings. The maximum absolute atomic E-state index is 13.6. The Morgan fingerprint density at radius 1 is 1.44 bits per heavy atom. The van der Waals surface area contributed by atoms with Crippen molar-refractivity contribution >= 4 is 11.6 Å². The monoisotopic (exact) mass is 267 g/mol. The van der Waals surface area contributed by atoms with Crippen molar-refractivity contribution in [3.63, 3.8) is 0 Å². The molecule has 0 amide bonds. The van der Waals surface area contributed by atoms with Gasteiger partial charge in [-0.15, -0.1) is 0 Å². The van der Waals surface area contributed by atoms with Crippen LogP contribution in [0.15, 0.2) is 18.2 Å². The molecule has 0 saturated heterocycles. The highest BCUT2D eigenvalue weighted by Crippen LogP contribution is 2.25. The van der Waals surface area contributed by atoms with Gasteiger partial charge in [0.2, 0.25) is 0 Å². The number of aryl methyl sites for hydroxylation is 1. The van der Waals surface area contributed by atoms with Crippen molar-refractivity contribution in [2.24, 2.45) is 0 Å². The molecule has 0 aliphatic carbocycles. The lowest BCUT2D eigenvalue weighted by Crippen LogP contribution is -2.01. The van der Waals surface area contributed by atoms with Crippen molar-refractivity contribution in [2.45, 2.75) is 13.3 Å². The predicted octanol–water partition coefficient (Wildman–Crippen LogP) is 3.24. The Bertz CT molecular complexity index is 644. The summed E-state index contributed by atoms with van der Waals surface area (Å²) in [6.45, 7) is 1.81. The molecule has 0 fully saturated rings. The summed E-state index contributed by atoms with van der Waals surface area (Å²) in [6, 6.07) is 5.00. The second-order valence-corrected chi connectivity index (χ2v) is 3.94. The molecular formula is C12H8ClF2N3. The molecule has 0 N–H and O–H groups in total. The quantitative estimate of drug-likeness (QED) is 0.838. The van der Waals surface area contributed by atoms with Gasteiger partial charge >= 0.3 is 0 Å². The van der Waals surface area contributed by atoms with E-state index in [1.54, 1.807) is 0 Å². The standard InChI is InChI=1S/C12H8ClF2N3/c1-2-10-8(6-16)12(13)18(17-10)11-4-3-7(14)5-9(11)15/h3-5H,2H2,1H3. The first-order valence-electron chi connectivity index (χ1n) is 5.21. The van der Waals surface area contributed by atoms with Crippen molar-refractivity contribution in [2.75, 3.05) is 0 Å². The third kappa shape index (κ3) is 1.95. The molecule has 92 valence electrons. The first-order chi connectivity index (χ1) is 8.58. The van der Waals surface area contributed by atoms with Gasteiger partial charge in [-0.2, -0.15) is 10.4 Å². The zero-order chi connectivity index (χ0) is 13.3. The Hall–Kier alpha value is -1.93. The fraction of sp³-hybridized carbons (Fsp3) is 0.167. The van der Waals surface area contributed by atoms with Crippen LogP contribution in [0.2, 0.25) is 5.15 Å². The summed E-state index contributed by atoms with van der Waals surface area (Å²) in [5.74, 6) is -1.47. The summed E-state index contributed by atoms with van der Waals surface area (Å²) in [7, 11) is 0. The minimum absolute atomic E-state index is 0.0117. The SMILES string of the molecule is CCc1nn(-c2ccc(F)cc2F)c(Cl)c1C#N. The second kappa shape index (κ2) is 4.75. The highest BCUT2D eigenvalue weighted by Gasteiger charge is 2.18. The van der Waals surface area contributed by atoms with Crippen LogP contribution in [0.5, 0.6) is 0 Å².